The Morgan fingerprint density at radius 1 is 1.39 bits per heavy atom. The zero-order valence-electron chi connectivity index (χ0n) is 9.03. The smallest absolute Gasteiger partial charge is 0.278 e. The molecule has 2 N–H and O–H groups in total. The molecule has 7 heteroatoms. The van der Waals surface area contributed by atoms with Gasteiger partial charge in [0.1, 0.15) is 17.3 Å². The van der Waals surface area contributed by atoms with E-state index in [1.165, 1.54) is 0 Å². The third kappa shape index (κ3) is 2.33. The Morgan fingerprint density at radius 2 is 2.11 bits per heavy atom. The Bertz CT molecular complexity index is 657. The average Bonchev–Trinajstić information content (AvgIpc) is 2.34. The molecule has 0 saturated heterocycles. The molecule has 0 aliphatic rings. The van der Waals surface area contributed by atoms with Crippen LogP contribution in [-0.4, -0.2) is 9.55 Å². The lowest BCUT2D eigenvalue weighted by Crippen LogP contribution is -2.24. The van der Waals surface area contributed by atoms with Crippen LogP contribution in [0.1, 0.15) is 5.56 Å². The number of benzene rings is 1. The van der Waals surface area contributed by atoms with E-state index in [1.54, 1.807) is 0 Å². The zero-order valence-corrected chi connectivity index (χ0v) is 9.79. The van der Waals surface area contributed by atoms with Crippen LogP contribution in [0.15, 0.2) is 29.3 Å². The minimum absolute atomic E-state index is 0.0284. The van der Waals surface area contributed by atoms with Crippen LogP contribution in [0.5, 0.6) is 0 Å². The number of nitrogen functional groups attached to an aromatic ring is 1. The van der Waals surface area contributed by atoms with Crippen molar-refractivity contribution < 1.29 is 8.78 Å². The number of hydrogen-bond acceptors (Lipinski definition) is 3. The fourth-order valence-corrected chi connectivity index (χ4v) is 1.57. The highest BCUT2D eigenvalue weighted by Gasteiger charge is 2.09. The van der Waals surface area contributed by atoms with Gasteiger partial charge >= 0.3 is 0 Å². The first kappa shape index (κ1) is 12.5. The highest BCUT2D eigenvalue weighted by atomic mass is 35.5. The molecule has 0 radical (unpaired) electrons. The van der Waals surface area contributed by atoms with E-state index in [0.717, 1.165) is 29.1 Å². The number of nitrogens with zero attached hydrogens (tertiary/aromatic N) is 2. The van der Waals surface area contributed by atoms with Crippen LogP contribution in [-0.2, 0) is 6.54 Å². The van der Waals surface area contributed by atoms with E-state index < -0.39 is 17.2 Å². The van der Waals surface area contributed by atoms with Gasteiger partial charge in [0.05, 0.1) is 12.9 Å². The fraction of sp³-hybridized carbons (Fsp3) is 0.0909. The quantitative estimate of drug-likeness (QED) is 0.848. The minimum atomic E-state index is -0.614. The molecule has 1 aromatic heterocycles. The SMILES string of the molecule is Nc1c(Cl)ncn(Cc2cc(F)ccc2F)c1=O. The predicted molar refractivity (Wildman–Crippen MR) is 63.4 cm³/mol. The first-order chi connectivity index (χ1) is 8.49. The average molecular weight is 272 g/mol. The first-order valence-corrected chi connectivity index (χ1v) is 5.31. The van der Waals surface area contributed by atoms with Crippen molar-refractivity contribution in [1.29, 1.82) is 0 Å². The van der Waals surface area contributed by atoms with E-state index in [4.69, 9.17) is 17.3 Å². The van der Waals surface area contributed by atoms with Crippen molar-refractivity contribution in [3.05, 3.63) is 57.2 Å². The lowest BCUT2D eigenvalue weighted by atomic mass is 10.2. The molecule has 0 bridgehead atoms. The Kier molecular flexibility index (Phi) is 3.29. The molecule has 94 valence electrons. The Labute approximate surface area is 106 Å². The molecule has 1 heterocycles. The molecule has 0 atom stereocenters. The molecule has 0 fully saturated rings. The van der Waals surface area contributed by atoms with Crippen LogP contribution >= 0.6 is 11.6 Å². The van der Waals surface area contributed by atoms with Gasteiger partial charge in [0.15, 0.2) is 5.15 Å². The lowest BCUT2D eigenvalue weighted by Gasteiger charge is -2.07. The molecule has 0 amide bonds. The van der Waals surface area contributed by atoms with Crippen molar-refractivity contribution >= 4 is 17.3 Å². The van der Waals surface area contributed by atoms with Crippen LogP contribution in [0.3, 0.4) is 0 Å². The maximum absolute atomic E-state index is 13.4. The second kappa shape index (κ2) is 4.73. The van der Waals surface area contributed by atoms with Crippen LogP contribution in [0, 0.1) is 11.6 Å². The summed E-state index contributed by atoms with van der Waals surface area (Å²) in [5, 5.41) is -0.115. The zero-order chi connectivity index (χ0) is 13.3. The van der Waals surface area contributed by atoms with E-state index in [2.05, 4.69) is 4.98 Å². The molecule has 0 saturated carbocycles. The van der Waals surface area contributed by atoms with Crippen LogP contribution in [0.2, 0.25) is 5.15 Å². The van der Waals surface area contributed by atoms with Gasteiger partial charge in [0.2, 0.25) is 0 Å². The summed E-state index contributed by atoms with van der Waals surface area (Å²) in [5.74, 6) is -1.20. The maximum atomic E-state index is 13.4. The summed E-state index contributed by atoms with van der Waals surface area (Å²) < 4.78 is 27.4. The van der Waals surface area contributed by atoms with E-state index in [1.807, 2.05) is 0 Å². The molecule has 4 nitrogen and oxygen atoms in total. The fourth-order valence-electron chi connectivity index (χ4n) is 1.45. The molecule has 0 aliphatic carbocycles. The third-order valence-electron chi connectivity index (χ3n) is 2.37. The van der Waals surface area contributed by atoms with Gasteiger partial charge in [0.25, 0.3) is 5.56 Å². The Morgan fingerprint density at radius 3 is 2.83 bits per heavy atom. The molecule has 0 aliphatic heterocycles. The van der Waals surface area contributed by atoms with Gasteiger partial charge in [-0.1, -0.05) is 11.6 Å². The van der Waals surface area contributed by atoms with Gasteiger partial charge in [-0.15, -0.1) is 0 Å². The molecule has 2 aromatic rings. The number of nitrogens with two attached hydrogens (primary N) is 1. The molecular formula is C11H8ClF2N3O. The van der Waals surface area contributed by atoms with Gasteiger partial charge < -0.3 is 5.73 Å². The van der Waals surface area contributed by atoms with Gasteiger partial charge in [-0.2, -0.15) is 0 Å². The number of anilines is 1. The first-order valence-electron chi connectivity index (χ1n) is 4.93. The lowest BCUT2D eigenvalue weighted by molar-refractivity contribution is 0.573. The summed E-state index contributed by atoms with van der Waals surface area (Å²) in [6.45, 7) is -0.170. The highest BCUT2D eigenvalue weighted by Crippen LogP contribution is 2.12. The van der Waals surface area contributed by atoms with Crippen LogP contribution < -0.4 is 11.3 Å². The Hall–Kier alpha value is -1.95. The monoisotopic (exact) mass is 271 g/mol. The van der Waals surface area contributed by atoms with E-state index in [-0.39, 0.29) is 22.9 Å². The van der Waals surface area contributed by atoms with Gasteiger partial charge in [-0.25, -0.2) is 13.8 Å². The van der Waals surface area contributed by atoms with E-state index >= 15 is 0 Å². The van der Waals surface area contributed by atoms with Crippen molar-refractivity contribution in [2.24, 2.45) is 0 Å². The topological polar surface area (TPSA) is 60.9 Å². The molecule has 2 rings (SSSR count). The number of hydrogen-bond donors (Lipinski definition) is 1. The van der Waals surface area contributed by atoms with Crippen molar-refractivity contribution in [2.45, 2.75) is 6.54 Å². The molecular weight excluding hydrogens is 264 g/mol. The van der Waals surface area contributed by atoms with Gasteiger partial charge in [0, 0.05) is 5.56 Å². The van der Waals surface area contributed by atoms with E-state index in [0.29, 0.717) is 0 Å². The molecule has 18 heavy (non-hydrogen) atoms. The normalized spacial score (nSPS) is 10.6. The third-order valence-corrected chi connectivity index (χ3v) is 2.67. The van der Waals surface area contributed by atoms with Crippen molar-refractivity contribution in [3.8, 4) is 0 Å². The number of rotatable bonds is 2. The molecule has 0 unspecified atom stereocenters. The van der Waals surface area contributed by atoms with Gasteiger partial charge in [-0.3, -0.25) is 9.36 Å². The summed E-state index contributed by atoms with van der Waals surface area (Å²) in [6, 6.07) is 2.99. The van der Waals surface area contributed by atoms with E-state index in [9.17, 15) is 13.6 Å². The highest BCUT2D eigenvalue weighted by molar-refractivity contribution is 6.31. The van der Waals surface area contributed by atoms with Crippen molar-refractivity contribution in [2.75, 3.05) is 5.73 Å². The number of halogens is 3. The van der Waals surface area contributed by atoms with Crippen LogP contribution in [0.25, 0.3) is 0 Å². The second-order valence-corrected chi connectivity index (χ2v) is 3.98. The summed E-state index contributed by atoms with van der Waals surface area (Å²) in [6.07, 6.45) is 1.13. The van der Waals surface area contributed by atoms with Crippen molar-refractivity contribution in [3.63, 3.8) is 0 Å². The summed E-state index contributed by atoms with van der Waals surface area (Å²) in [7, 11) is 0. The maximum Gasteiger partial charge on any atom is 0.278 e. The second-order valence-electron chi connectivity index (χ2n) is 3.62. The largest absolute Gasteiger partial charge is 0.392 e. The summed E-state index contributed by atoms with van der Waals surface area (Å²) in [5.41, 5.74) is 4.61. The van der Waals surface area contributed by atoms with Crippen molar-refractivity contribution in [1.82, 2.24) is 9.55 Å². The predicted octanol–water partition coefficient (Wildman–Crippen LogP) is 1.81. The molecule has 1 aromatic carbocycles. The summed E-state index contributed by atoms with van der Waals surface area (Å²) >= 11 is 5.56. The number of aromatic nitrogens is 2. The summed E-state index contributed by atoms with van der Waals surface area (Å²) in [4.78, 5) is 15.4. The van der Waals surface area contributed by atoms with Crippen LogP contribution in [0.4, 0.5) is 14.5 Å². The standard InChI is InChI=1S/C11H8ClF2N3O/c12-10-9(15)11(18)17(5-16-10)4-6-3-7(13)1-2-8(6)14/h1-3,5H,4,15H2. The van der Waals surface area contributed by atoms with Gasteiger partial charge in [-0.05, 0) is 18.2 Å². The minimum Gasteiger partial charge on any atom is -0.392 e. The Balaban J connectivity index is 2.44. The molecule has 0 spiro atoms.